The molecular formula is C12H25NO. The van der Waals surface area contributed by atoms with Gasteiger partial charge in [0.05, 0.1) is 6.10 Å². The smallest absolute Gasteiger partial charge is 0.0714 e. The van der Waals surface area contributed by atoms with Crippen LogP contribution in [0.15, 0.2) is 0 Å². The fraction of sp³-hybridized carbons (Fsp3) is 1.00. The fourth-order valence-electron chi connectivity index (χ4n) is 1.97. The molecule has 0 saturated carbocycles. The molecule has 0 spiro atoms. The maximum atomic E-state index is 5.79. The van der Waals surface area contributed by atoms with Crippen molar-refractivity contribution in [3.63, 3.8) is 0 Å². The van der Waals surface area contributed by atoms with Gasteiger partial charge in [0.1, 0.15) is 0 Å². The summed E-state index contributed by atoms with van der Waals surface area (Å²) in [6, 6.07) is 0.724. The lowest BCUT2D eigenvalue weighted by molar-refractivity contribution is 0.0632. The molecular weight excluding hydrogens is 174 g/mol. The molecule has 1 saturated heterocycles. The normalized spacial score (nSPS) is 27.0. The molecule has 0 aromatic carbocycles. The zero-order valence-corrected chi connectivity index (χ0v) is 9.72. The average molecular weight is 199 g/mol. The first-order valence-electron chi connectivity index (χ1n) is 6.21. The Morgan fingerprint density at radius 1 is 1.21 bits per heavy atom. The van der Waals surface area contributed by atoms with Crippen molar-refractivity contribution in [3.8, 4) is 0 Å². The molecule has 0 aromatic heterocycles. The fourth-order valence-corrected chi connectivity index (χ4v) is 1.97. The molecule has 0 radical (unpaired) electrons. The Balaban J connectivity index is 2.02. The van der Waals surface area contributed by atoms with Crippen LogP contribution in [0.3, 0.4) is 0 Å². The largest absolute Gasteiger partial charge is 0.377 e. The highest BCUT2D eigenvalue weighted by Crippen LogP contribution is 2.15. The molecule has 1 aliphatic rings. The van der Waals surface area contributed by atoms with Gasteiger partial charge in [-0.1, -0.05) is 33.1 Å². The molecule has 1 N–H and O–H groups in total. The minimum atomic E-state index is 0.489. The Bertz CT molecular complexity index is 138. The Hall–Kier alpha value is -0.0800. The Labute approximate surface area is 88.4 Å². The van der Waals surface area contributed by atoms with Gasteiger partial charge >= 0.3 is 0 Å². The van der Waals surface area contributed by atoms with Gasteiger partial charge in [0.15, 0.2) is 0 Å². The number of rotatable bonds is 7. The van der Waals surface area contributed by atoms with Crippen LogP contribution in [0.4, 0.5) is 0 Å². The van der Waals surface area contributed by atoms with Crippen molar-refractivity contribution in [3.05, 3.63) is 0 Å². The van der Waals surface area contributed by atoms with E-state index >= 15 is 0 Å². The predicted octanol–water partition coefficient (Wildman–Crippen LogP) is 2.72. The Kier molecular flexibility index (Phi) is 6.20. The third-order valence-corrected chi connectivity index (χ3v) is 2.94. The lowest BCUT2D eigenvalue weighted by Crippen LogP contribution is -2.21. The molecule has 0 unspecified atom stereocenters. The molecule has 0 aromatic rings. The van der Waals surface area contributed by atoms with Gasteiger partial charge in [-0.2, -0.15) is 0 Å². The first-order valence-corrected chi connectivity index (χ1v) is 6.21. The van der Waals surface area contributed by atoms with Crippen LogP contribution in [0.5, 0.6) is 0 Å². The third kappa shape index (κ3) is 4.43. The SMILES string of the molecule is CCCCO[C@H]1CN[C@H](CCCC)C1. The lowest BCUT2D eigenvalue weighted by atomic mass is 10.1. The van der Waals surface area contributed by atoms with E-state index in [0.29, 0.717) is 6.10 Å². The van der Waals surface area contributed by atoms with E-state index in [0.717, 1.165) is 19.2 Å². The van der Waals surface area contributed by atoms with Crippen molar-refractivity contribution in [1.82, 2.24) is 5.32 Å². The highest BCUT2D eigenvalue weighted by Gasteiger charge is 2.23. The zero-order chi connectivity index (χ0) is 10.2. The molecule has 14 heavy (non-hydrogen) atoms. The third-order valence-electron chi connectivity index (χ3n) is 2.94. The van der Waals surface area contributed by atoms with E-state index in [9.17, 15) is 0 Å². The first kappa shape index (κ1) is 12.0. The van der Waals surface area contributed by atoms with Gasteiger partial charge in [-0.3, -0.25) is 0 Å². The van der Waals surface area contributed by atoms with E-state index in [4.69, 9.17) is 4.74 Å². The predicted molar refractivity (Wildman–Crippen MR) is 60.6 cm³/mol. The van der Waals surface area contributed by atoms with Crippen molar-refractivity contribution in [1.29, 1.82) is 0 Å². The summed E-state index contributed by atoms with van der Waals surface area (Å²) in [5.74, 6) is 0. The van der Waals surface area contributed by atoms with Gasteiger partial charge in [-0.05, 0) is 19.3 Å². The van der Waals surface area contributed by atoms with Crippen LogP contribution < -0.4 is 5.32 Å². The topological polar surface area (TPSA) is 21.3 Å². The maximum Gasteiger partial charge on any atom is 0.0714 e. The van der Waals surface area contributed by atoms with E-state index in [-0.39, 0.29) is 0 Å². The minimum absolute atomic E-state index is 0.489. The molecule has 0 bridgehead atoms. The summed E-state index contributed by atoms with van der Waals surface area (Å²) in [6.07, 6.45) is 8.13. The van der Waals surface area contributed by atoms with Crippen LogP contribution in [0.1, 0.15) is 52.4 Å². The van der Waals surface area contributed by atoms with Crippen molar-refractivity contribution in [2.75, 3.05) is 13.2 Å². The Morgan fingerprint density at radius 2 is 2.00 bits per heavy atom. The van der Waals surface area contributed by atoms with Gasteiger partial charge in [-0.25, -0.2) is 0 Å². The highest BCUT2D eigenvalue weighted by atomic mass is 16.5. The van der Waals surface area contributed by atoms with E-state index in [1.54, 1.807) is 0 Å². The van der Waals surface area contributed by atoms with E-state index in [2.05, 4.69) is 19.2 Å². The summed E-state index contributed by atoms with van der Waals surface area (Å²) in [5, 5.41) is 3.54. The van der Waals surface area contributed by atoms with Crippen LogP contribution in [0.25, 0.3) is 0 Å². The van der Waals surface area contributed by atoms with Gasteiger partial charge in [-0.15, -0.1) is 0 Å². The Morgan fingerprint density at radius 3 is 2.71 bits per heavy atom. The first-order chi connectivity index (χ1) is 6.86. The van der Waals surface area contributed by atoms with Gasteiger partial charge < -0.3 is 10.1 Å². The number of hydrogen-bond donors (Lipinski definition) is 1. The molecule has 1 aliphatic heterocycles. The lowest BCUT2D eigenvalue weighted by Gasteiger charge is -2.10. The second kappa shape index (κ2) is 7.24. The van der Waals surface area contributed by atoms with Crippen molar-refractivity contribution in [2.45, 2.75) is 64.5 Å². The van der Waals surface area contributed by atoms with Crippen molar-refractivity contribution in [2.24, 2.45) is 0 Å². The van der Waals surface area contributed by atoms with E-state index < -0.39 is 0 Å². The molecule has 84 valence electrons. The highest BCUT2D eigenvalue weighted by molar-refractivity contribution is 4.81. The molecule has 2 heteroatoms. The zero-order valence-electron chi connectivity index (χ0n) is 9.72. The van der Waals surface area contributed by atoms with Crippen LogP contribution in [0, 0.1) is 0 Å². The van der Waals surface area contributed by atoms with Gasteiger partial charge in [0.2, 0.25) is 0 Å². The summed E-state index contributed by atoms with van der Waals surface area (Å²) in [6.45, 7) is 6.48. The van der Waals surface area contributed by atoms with Gasteiger partial charge in [0, 0.05) is 19.2 Å². The summed E-state index contributed by atoms with van der Waals surface area (Å²) in [5.41, 5.74) is 0. The maximum absolute atomic E-state index is 5.79. The quantitative estimate of drug-likeness (QED) is 0.637. The molecule has 1 heterocycles. The summed E-state index contributed by atoms with van der Waals surface area (Å²) >= 11 is 0. The average Bonchev–Trinajstić information content (AvgIpc) is 2.63. The summed E-state index contributed by atoms with van der Waals surface area (Å²) < 4.78 is 5.79. The molecule has 2 nitrogen and oxygen atoms in total. The second-order valence-electron chi connectivity index (χ2n) is 4.33. The number of hydrogen-bond acceptors (Lipinski definition) is 2. The van der Waals surface area contributed by atoms with Crippen LogP contribution in [-0.4, -0.2) is 25.3 Å². The number of nitrogens with one attached hydrogen (secondary N) is 1. The molecule has 1 fully saturated rings. The second-order valence-corrected chi connectivity index (χ2v) is 4.33. The van der Waals surface area contributed by atoms with Gasteiger partial charge in [0.25, 0.3) is 0 Å². The van der Waals surface area contributed by atoms with Crippen molar-refractivity contribution < 1.29 is 4.74 Å². The summed E-state index contributed by atoms with van der Waals surface area (Å²) in [7, 11) is 0. The van der Waals surface area contributed by atoms with E-state index in [1.807, 2.05) is 0 Å². The van der Waals surface area contributed by atoms with Crippen LogP contribution in [-0.2, 0) is 4.74 Å². The summed E-state index contributed by atoms with van der Waals surface area (Å²) in [4.78, 5) is 0. The standard InChI is InChI=1S/C12H25NO/c1-3-5-7-11-9-12(10-13-11)14-8-6-4-2/h11-13H,3-10H2,1-2H3/t11-,12-/m1/s1. The van der Waals surface area contributed by atoms with Crippen LogP contribution >= 0.6 is 0 Å². The monoisotopic (exact) mass is 199 g/mol. The molecule has 2 atom stereocenters. The molecule has 1 rings (SSSR count). The number of ether oxygens (including phenoxy) is 1. The number of unbranched alkanes of at least 4 members (excludes halogenated alkanes) is 2. The minimum Gasteiger partial charge on any atom is -0.377 e. The van der Waals surface area contributed by atoms with E-state index in [1.165, 1.54) is 38.5 Å². The van der Waals surface area contributed by atoms with Crippen molar-refractivity contribution >= 4 is 0 Å². The molecule has 0 aliphatic carbocycles. The van der Waals surface area contributed by atoms with Crippen LogP contribution in [0.2, 0.25) is 0 Å². The molecule has 0 amide bonds.